The van der Waals surface area contributed by atoms with E-state index in [1.165, 1.54) is 13.3 Å². The minimum absolute atomic E-state index is 0.00551. The van der Waals surface area contributed by atoms with E-state index in [-0.39, 0.29) is 37.0 Å². The zero-order valence-corrected chi connectivity index (χ0v) is 33.7. The molecule has 0 amide bonds. The molecule has 7 rings (SSSR count). The second kappa shape index (κ2) is 17.8. The monoisotopic (exact) mass is 837 g/mol. The number of alkyl halides is 1. The fourth-order valence-electron chi connectivity index (χ4n) is 7.47. The van der Waals surface area contributed by atoms with Gasteiger partial charge in [0.05, 0.1) is 25.0 Å². The molecule has 2 aliphatic rings. The van der Waals surface area contributed by atoms with Crippen molar-refractivity contribution >= 4 is 44.4 Å². The van der Waals surface area contributed by atoms with Crippen molar-refractivity contribution in [3.05, 3.63) is 89.4 Å². The lowest BCUT2D eigenvalue weighted by Gasteiger charge is -2.36. The molecule has 5 heterocycles. The first-order chi connectivity index (χ1) is 28.3. The summed E-state index contributed by atoms with van der Waals surface area (Å²) in [6.45, 7) is 8.27. The Morgan fingerprint density at radius 3 is 2.47 bits per heavy atom. The van der Waals surface area contributed by atoms with Gasteiger partial charge in [-0.1, -0.05) is 26.0 Å². The summed E-state index contributed by atoms with van der Waals surface area (Å²) < 4.78 is 88.9. The molecule has 2 atom stereocenters. The number of anilines is 2. The van der Waals surface area contributed by atoms with Gasteiger partial charge < -0.3 is 23.9 Å². The summed E-state index contributed by atoms with van der Waals surface area (Å²) in [6.07, 6.45) is 3.39. The first-order valence-electron chi connectivity index (χ1n) is 19.5. The van der Waals surface area contributed by atoms with E-state index in [1.807, 2.05) is 42.8 Å². The number of nitrogens with zero attached hydrogens (tertiary/aromatic N) is 5. The number of nitrogens with one attached hydrogen (secondary N) is 2. The van der Waals surface area contributed by atoms with Gasteiger partial charge in [-0.05, 0) is 72.8 Å². The summed E-state index contributed by atoms with van der Waals surface area (Å²) in [6, 6.07) is 13.0. The Hall–Kier alpha value is -5.46. The van der Waals surface area contributed by atoms with Crippen LogP contribution in [0.2, 0.25) is 0 Å². The van der Waals surface area contributed by atoms with Crippen molar-refractivity contribution in [3.8, 4) is 17.0 Å². The minimum atomic E-state index is -4.35. The molecule has 18 heteroatoms. The number of piperazine rings is 1. The van der Waals surface area contributed by atoms with Crippen molar-refractivity contribution in [3.63, 3.8) is 0 Å². The van der Waals surface area contributed by atoms with Gasteiger partial charge >= 0.3 is 16.2 Å². The number of esters is 1. The van der Waals surface area contributed by atoms with Crippen molar-refractivity contribution in [2.75, 3.05) is 69.2 Å². The van der Waals surface area contributed by atoms with Crippen LogP contribution < -0.4 is 14.4 Å². The molecule has 0 radical (unpaired) electrons. The van der Waals surface area contributed by atoms with Gasteiger partial charge in [0.15, 0.2) is 11.6 Å². The molecule has 2 aromatic carbocycles. The van der Waals surface area contributed by atoms with E-state index >= 15 is 8.78 Å². The first kappa shape index (κ1) is 41.7. The lowest BCUT2D eigenvalue weighted by molar-refractivity contribution is -0.144. The second-order valence-electron chi connectivity index (χ2n) is 15.0. The molecule has 0 aliphatic carbocycles. The van der Waals surface area contributed by atoms with Gasteiger partial charge in [0.25, 0.3) is 5.88 Å². The molecule has 2 aliphatic heterocycles. The molecule has 2 fully saturated rings. The Balaban J connectivity index is 0.926. The second-order valence-corrected chi connectivity index (χ2v) is 16.7. The third-order valence-corrected chi connectivity index (χ3v) is 12.2. The van der Waals surface area contributed by atoms with E-state index in [9.17, 15) is 22.4 Å². The smallest absolute Gasteiger partial charge is 0.316 e. The van der Waals surface area contributed by atoms with Crippen LogP contribution in [0.1, 0.15) is 60.7 Å². The number of ether oxygens (including phenoxy) is 2. The molecule has 0 bridgehead atoms. The van der Waals surface area contributed by atoms with Crippen LogP contribution in [0.3, 0.4) is 0 Å². The van der Waals surface area contributed by atoms with Gasteiger partial charge in [-0.2, -0.15) is 12.7 Å². The Labute approximate surface area is 339 Å². The lowest BCUT2D eigenvalue weighted by Crippen LogP contribution is -2.46. The topological polar surface area (TPSA) is 163 Å². The number of methoxy groups -OCH3 is 1. The molecule has 59 heavy (non-hydrogen) atoms. The molecular weight excluding hydrogens is 792 g/mol. The number of H-pyrrole nitrogens is 1. The van der Waals surface area contributed by atoms with E-state index in [0.29, 0.717) is 34.8 Å². The molecule has 0 saturated carbocycles. The van der Waals surface area contributed by atoms with Crippen LogP contribution in [-0.2, 0) is 19.7 Å². The molecule has 2 N–H and O–H groups in total. The Morgan fingerprint density at radius 1 is 1.02 bits per heavy atom. The van der Waals surface area contributed by atoms with Crippen LogP contribution in [0.25, 0.3) is 22.2 Å². The number of hydrogen-bond donors (Lipinski definition) is 2. The van der Waals surface area contributed by atoms with Gasteiger partial charge in [0.2, 0.25) is 5.78 Å². The van der Waals surface area contributed by atoms with Crippen molar-refractivity contribution in [1.29, 1.82) is 0 Å². The predicted octanol–water partition coefficient (Wildman–Crippen LogP) is 6.32. The lowest BCUT2D eigenvalue weighted by atomic mass is 9.93. The van der Waals surface area contributed by atoms with Crippen LogP contribution in [0.5, 0.6) is 5.88 Å². The van der Waals surface area contributed by atoms with Crippen molar-refractivity contribution in [2.24, 2.45) is 5.92 Å². The molecule has 1 unspecified atom stereocenters. The number of unbranched alkanes of at least 4 members (excludes halogenated alkanes) is 1. The number of carbonyl (C=O) groups excluding carboxylic acids is 2. The highest BCUT2D eigenvalue weighted by molar-refractivity contribution is 7.90. The molecular formula is C41H46F3N7O7S. The Kier molecular flexibility index (Phi) is 12.6. The van der Waals surface area contributed by atoms with E-state index < -0.39 is 51.0 Å². The van der Waals surface area contributed by atoms with E-state index in [4.69, 9.17) is 14.0 Å². The van der Waals surface area contributed by atoms with Gasteiger partial charge in [0.1, 0.15) is 23.6 Å². The third kappa shape index (κ3) is 9.24. The molecule has 0 spiro atoms. The highest BCUT2D eigenvalue weighted by Gasteiger charge is 2.33. The van der Waals surface area contributed by atoms with Crippen LogP contribution >= 0.6 is 0 Å². The van der Waals surface area contributed by atoms with E-state index in [0.717, 1.165) is 73.3 Å². The maximum Gasteiger partial charge on any atom is 0.316 e. The van der Waals surface area contributed by atoms with Crippen LogP contribution in [0.4, 0.5) is 24.5 Å². The van der Waals surface area contributed by atoms with Gasteiger partial charge in [0, 0.05) is 79.9 Å². The number of halogens is 3. The van der Waals surface area contributed by atoms with E-state index in [2.05, 4.69) is 24.9 Å². The number of rotatable bonds is 16. The third-order valence-electron chi connectivity index (χ3n) is 10.8. The minimum Gasteiger partial charge on any atom is -0.476 e. The number of fused-ring (bicyclic) bond motifs is 1. The quantitative estimate of drug-likeness (QED) is 0.0650. The number of benzene rings is 2. The summed E-state index contributed by atoms with van der Waals surface area (Å²) in [5.41, 5.74) is 1.27. The fraction of sp³-hybridized carbons (Fsp3) is 0.415. The van der Waals surface area contributed by atoms with Gasteiger partial charge in [-0.15, -0.1) is 0 Å². The molecule has 14 nitrogen and oxygen atoms in total. The number of carbonyl (C=O) groups is 2. The van der Waals surface area contributed by atoms with Crippen LogP contribution in [0, 0.1) is 17.6 Å². The maximum atomic E-state index is 15.7. The number of aromatic nitrogens is 3. The Morgan fingerprint density at radius 2 is 1.78 bits per heavy atom. The average molecular weight is 838 g/mol. The number of ketones is 1. The maximum absolute atomic E-state index is 15.7. The molecule has 3 aromatic heterocycles. The summed E-state index contributed by atoms with van der Waals surface area (Å²) in [5.74, 6) is -3.70. The molecule has 5 aromatic rings. The highest BCUT2D eigenvalue weighted by Crippen LogP contribution is 2.32. The van der Waals surface area contributed by atoms with E-state index in [1.54, 1.807) is 18.3 Å². The predicted molar refractivity (Wildman–Crippen MR) is 214 cm³/mol. The zero-order chi connectivity index (χ0) is 41.8. The fourth-order valence-corrected chi connectivity index (χ4v) is 8.74. The SMILES string of the molecule is COC(=O)C(c1cc(OCCCCN2CCN(c3ccc(-c4cnc5[nH]cc(C(=O)c6c(F)ccc(NS(=O)(=O)N7CC[C@@H](F)C7)c6F)c5c4)cc3)CC2)no1)C(C)C. The van der Waals surface area contributed by atoms with Crippen molar-refractivity contribution in [1.82, 2.24) is 24.3 Å². The Bertz CT molecular complexity index is 2400. The number of aromatic amines is 1. The number of hydrogen-bond acceptors (Lipinski definition) is 11. The largest absolute Gasteiger partial charge is 0.476 e. The molecule has 2 saturated heterocycles. The van der Waals surface area contributed by atoms with Crippen LogP contribution in [-0.4, -0.2) is 110 Å². The standard InChI is InChI=1S/C41H46F3N7O7S/c1-25(2)36(41(53)56-3)34-21-35(47-58-34)57-19-5-4-13-49-15-17-50(18-16-49)29-8-6-26(7-9-29)27-20-30-31(23-46-40(30)45-22-27)39(52)37-32(43)10-11-33(38(37)44)48-59(54,55)51-14-12-28(42)24-51/h6-11,20-23,25,28,36,48H,4-5,12-19,24H2,1-3H3,(H,45,46)/t28-,36?/m1/s1. The van der Waals surface area contributed by atoms with Crippen LogP contribution in [0.15, 0.2) is 65.4 Å². The van der Waals surface area contributed by atoms with Crippen molar-refractivity contribution < 1.29 is 45.2 Å². The normalized spacial score (nSPS) is 17.1. The number of pyridine rings is 1. The first-order valence-corrected chi connectivity index (χ1v) is 20.9. The summed E-state index contributed by atoms with van der Waals surface area (Å²) in [7, 11) is -3.00. The molecule has 314 valence electrons. The summed E-state index contributed by atoms with van der Waals surface area (Å²) in [4.78, 5) is 37.9. The van der Waals surface area contributed by atoms with Gasteiger partial charge in [-0.3, -0.25) is 19.2 Å². The highest BCUT2D eigenvalue weighted by atomic mass is 32.2. The zero-order valence-electron chi connectivity index (χ0n) is 32.9. The van der Waals surface area contributed by atoms with Crippen molar-refractivity contribution in [2.45, 2.75) is 45.2 Å². The van der Waals surface area contributed by atoms with Gasteiger partial charge in [-0.25, -0.2) is 18.2 Å². The summed E-state index contributed by atoms with van der Waals surface area (Å²) in [5, 5.41) is 4.29. The summed E-state index contributed by atoms with van der Waals surface area (Å²) >= 11 is 0. The average Bonchev–Trinajstić information content (AvgIpc) is 3.99.